The van der Waals surface area contributed by atoms with Gasteiger partial charge in [0.2, 0.25) is 5.91 Å². The van der Waals surface area contributed by atoms with E-state index in [-0.39, 0.29) is 23.7 Å². The first-order valence-electron chi connectivity index (χ1n) is 6.07. The zero-order valence-corrected chi connectivity index (χ0v) is 11.1. The molecule has 0 saturated carbocycles. The fourth-order valence-electron chi connectivity index (χ4n) is 2.44. The van der Waals surface area contributed by atoms with Gasteiger partial charge in [-0.15, -0.1) is 0 Å². The smallest absolute Gasteiger partial charge is 0.239 e. The number of pyridine rings is 1. The third-order valence-electron chi connectivity index (χ3n) is 3.31. The number of amides is 1. The lowest BCUT2D eigenvalue weighted by molar-refractivity contribution is -0.116. The van der Waals surface area contributed by atoms with Gasteiger partial charge in [-0.25, -0.2) is 9.88 Å². The number of H-pyrrole nitrogens is 1. The topological polar surface area (TPSA) is 112 Å². The highest BCUT2D eigenvalue weighted by atomic mass is 16.2. The first-order valence-corrected chi connectivity index (χ1v) is 6.07. The normalized spacial score (nSPS) is 15.2. The fourth-order valence-corrected chi connectivity index (χ4v) is 2.44. The number of carbonyl (C=O) groups is 1. The van der Waals surface area contributed by atoms with Crippen LogP contribution >= 0.6 is 0 Å². The summed E-state index contributed by atoms with van der Waals surface area (Å²) in [6.45, 7) is 3.80. The van der Waals surface area contributed by atoms with Crippen LogP contribution in [0.25, 0.3) is 11.0 Å². The number of carbonyl (C=O) groups excluding carboxylic acids is 1. The molecule has 0 unspecified atom stereocenters. The summed E-state index contributed by atoms with van der Waals surface area (Å²) in [4.78, 5) is 17.7. The van der Waals surface area contributed by atoms with Crippen molar-refractivity contribution in [2.24, 2.45) is 5.73 Å². The molecule has 100 valence electrons. The first-order chi connectivity index (χ1) is 9.52. The third kappa shape index (κ3) is 1.55. The van der Waals surface area contributed by atoms with Crippen molar-refractivity contribution in [3.63, 3.8) is 0 Å². The second kappa shape index (κ2) is 4.06. The van der Waals surface area contributed by atoms with Gasteiger partial charge in [0, 0.05) is 5.69 Å². The standard InChI is InChI=1S/C13H12N6O/c1-6-3-7(2)16-12-10(6)13(18-17-12)19-9(20)4-8(5-14)11(19)15/h3H,4,15H2,1-2H3,(H,16,17,18). The minimum atomic E-state index is -0.257. The van der Waals surface area contributed by atoms with Crippen LogP contribution in [-0.2, 0) is 4.79 Å². The summed E-state index contributed by atoms with van der Waals surface area (Å²) in [7, 11) is 0. The Morgan fingerprint density at radius 2 is 2.25 bits per heavy atom. The quantitative estimate of drug-likeness (QED) is 0.801. The van der Waals surface area contributed by atoms with Crippen LogP contribution in [0.5, 0.6) is 0 Å². The zero-order chi connectivity index (χ0) is 14.4. The largest absolute Gasteiger partial charge is 0.384 e. The molecule has 0 aliphatic carbocycles. The number of aromatic amines is 1. The monoisotopic (exact) mass is 268 g/mol. The Morgan fingerprint density at radius 3 is 2.90 bits per heavy atom. The summed E-state index contributed by atoms with van der Waals surface area (Å²) in [5, 5.41) is 16.7. The van der Waals surface area contributed by atoms with Crippen molar-refractivity contribution in [3.05, 3.63) is 28.7 Å². The van der Waals surface area contributed by atoms with E-state index in [0.717, 1.165) is 16.6 Å². The number of nitrogens with zero attached hydrogens (tertiary/aromatic N) is 4. The predicted octanol–water partition coefficient (Wildman–Crippen LogP) is 1.01. The van der Waals surface area contributed by atoms with Gasteiger partial charge in [-0.05, 0) is 25.5 Å². The van der Waals surface area contributed by atoms with Gasteiger partial charge in [-0.1, -0.05) is 0 Å². The number of fused-ring (bicyclic) bond motifs is 1. The number of nitrogens with two attached hydrogens (primary N) is 1. The first kappa shape index (κ1) is 12.2. The number of aryl methyl sites for hydroxylation is 2. The Kier molecular flexibility index (Phi) is 2.47. The summed E-state index contributed by atoms with van der Waals surface area (Å²) in [6.07, 6.45) is 0.00895. The highest BCUT2D eigenvalue weighted by Crippen LogP contribution is 2.32. The third-order valence-corrected chi connectivity index (χ3v) is 3.31. The molecule has 0 atom stereocenters. The van der Waals surface area contributed by atoms with Gasteiger partial charge in [-0.2, -0.15) is 10.4 Å². The van der Waals surface area contributed by atoms with E-state index in [1.165, 1.54) is 4.90 Å². The van der Waals surface area contributed by atoms with E-state index in [0.29, 0.717) is 11.5 Å². The lowest BCUT2D eigenvalue weighted by Gasteiger charge is -2.15. The summed E-state index contributed by atoms with van der Waals surface area (Å²) < 4.78 is 0. The van der Waals surface area contributed by atoms with Crippen LogP contribution in [0.15, 0.2) is 17.5 Å². The van der Waals surface area contributed by atoms with Gasteiger partial charge < -0.3 is 5.73 Å². The van der Waals surface area contributed by atoms with Crippen molar-refractivity contribution >= 4 is 22.8 Å². The summed E-state index contributed by atoms with van der Waals surface area (Å²) in [5.74, 6) is 0.288. The van der Waals surface area contributed by atoms with Crippen molar-refractivity contribution in [1.29, 1.82) is 5.26 Å². The maximum absolute atomic E-state index is 12.1. The van der Waals surface area contributed by atoms with E-state index in [2.05, 4.69) is 15.2 Å². The molecule has 2 aromatic rings. The molecule has 3 heterocycles. The van der Waals surface area contributed by atoms with E-state index in [9.17, 15) is 4.79 Å². The molecule has 0 fully saturated rings. The summed E-state index contributed by atoms with van der Waals surface area (Å²) in [5.41, 5.74) is 8.55. The number of anilines is 1. The fraction of sp³-hybridized carbons (Fsp3) is 0.231. The average Bonchev–Trinajstić information content (AvgIpc) is 2.90. The SMILES string of the molecule is Cc1cc(C)c2c(N3C(=O)CC(C#N)=C3N)n[nH]c2n1. The van der Waals surface area contributed by atoms with Crippen molar-refractivity contribution in [2.45, 2.75) is 20.3 Å². The van der Waals surface area contributed by atoms with E-state index in [1.54, 1.807) is 0 Å². The Hall–Kier alpha value is -2.88. The Labute approximate surface area is 114 Å². The second-order valence-electron chi connectivity index (χ2n) is 4.73. The van der Waals surface area contributed by atoms with Crippen molar-refractivity contribution in [3.8, 4) is 6.07 Å². The van der Waals surface area contributed by atoms with Crippen LogP contribution in [-0.4, -0.2) is 21.1 Å². The Morgan fingerprint density at radius 1 is 1.50 bits per heavy atom. The maximum atomic E-state index is 12.1. The van der Waals surface area contributed by atoms with E-state index in [4.69, 9.17) is 11.0 Å². The maximum Gasteiger partial charge on any atom is 0.239 e. The van der Waals surface area contributed by atoms with E-state index < -0.39 is 0 Å². The van der Waals surface area contributed by atoms with Crippen LogP contribution in [0.1, 0.15) is 17.7 Å². The number of aromatic nitrogens is 3. The highest BCUT2D eigenvalue weighted by molar-refractivity contribution is 6.07. The van der Waals surface area contributed by atoms with Gasteiger partial charge in [0.05, 0.1) is 23.4 Å². The zero-order valence-electron chi connectivity index (χ0n) is 11.1. The number of hydrogen-bond donors (Lipinski definition) is 2. The molecule has 3 N–H and O–H groups in total. The van der Waals surface area contributed by atoms with E-state index >= 15 is 0 Å². The van der Waals surface area contributed by atoms with E-state index in [1.807, 2.05) is 26.0 Å². The molecule has 7 nitrogen and oxygen atoms in total. The molecule has 1 amide bonds. The molecule has 3 rings (SSSR count). The molecule has 20 heavy (non-hydrogen) atoms. The molecule has 7 heteroatoms. The lowest BCUT2D eigenvalue weighted by atomic mass is 10.1. The van der Waals surface area contributed by atoms with Gasteiger partial charge in [0.15, 0.2) is 11.5 Å². The van der Waals surface area contributed by atoms with Crippen LogP contribution in [0.4, 0.5) is 5.82 Å². The number of rotatable bonds is 1. The number of nitrogens with one attached hydrogen (secondary N) is 1. The predicted molar refractivity (Wildman–Crippen MR) is 72.3 cm³/mol. The molecular formula is C13H12N6O. The summed E-state index contributed by atoms with van der Waals surface area (Å²) >= 11 is 0. The molecule has 0 bridgehead atoms. The Bertz CT molecular complexity index is 810. The van der Waals surface area contributed by atoms with Crippen molar-refractivity contribution in [2.75, 3.05) is 4.90 Å². The second-order valence-corrected chi connectivity index (χ2v) is 4.73. The van der Waals surface area contributed by atoms with Crippen molar-refractivity contribution in [1.82, 2.24) is 15.2 Å². The molecule has 0 radical (unpaired) electrons. The van der Waals surface area contributed by atoms with Crippen LogP contribution in [0.3, 0.4) is 0 Å². The van der Waals surface area contributed by atoms with Gasteiger partial charge in [0.25, 0.3) is 0 Å². The van der Waals surface area contributed by atoms with Crippen LogP contribution in [0, 0.1) is 25.2 Å². The molecule has 0 saturated heterocycles. The average molecular weight is 268 g/mol. The number of nitriles is 1. The summed E-state index contributed by atoms with van der Waals surface area (Å²) in [6, 6.07) is 3.86. The van der Waals surface area contributed by atoms with Crippen molar-refractivity contribution < 1.29 is 4.79 Å². The molecule has 1 aliphatic rings. The van der Waals surface area contributed by atoms with Gasteiger partial charge in [0.1, 0.15) is 5.82 Å². The molecule has 1 aliphatic heterocycles. The highest BCUT2D eigenvalue weighted by Gasteiger charge is 2.33. The molecule has 0 aromatic carbocycles. The van der Waals surface area contributed by atoms with Gasteiger partial charge in [-0.3, -0.25) is 9.89 Å². The molecule has 2 aromatic heterocycles. The lowest BCUT2D eigenvalue weighted by Crippen LogP contribution is -2.29. The van der Waals surface area contributed by atoms with Crippen LogP contribution < -0.4 is 10.6 Å². The van der Waals surface area contributed by atoms with Crippen LogP contribution in [0.2, 0.25) is 0 Å². The molecular weight excluding hydrogens is 256 g/mol. The van der Waals surface area contributed by atoms with Gasteiger partial charge >= 0.3 is 0 Å². The number of hydrogen-bond acceptors (Lipinski definition) is 5. The minimum absolute atomic E-state index is 0.00895. The molecule has 0 spiro atoms. The Balaban J connectivity index is 2.24. The minimum Gasteiger partial charge on any atom is -0.384 e.